The van der Waals surface area contributed by atoms with Crippen molar-refractivity contribution >= 4 is 9.84 Å². The summed E-state index contributed by atoms with van der Waals surface area (Å²) in [5.74, 6) is 0.466. The Labute approximate surface area is 132 Å². The zero-order valence-electron chi connectivity index (χ0n) is 13.3. The Kier molecular flexibility index (Phi) is 5.37. The molecule has 22 heavy (non-hydrogen) atoms. The quantitative estimate of drug-likeness (QED) is 0.794. The van der Waals surface area contributed by atoms with E-state index in [2.05, 4.69) is 24.3 Å². The van der Waals surface area contributed by atoms with E-state index < -0.39 is 9.84 Å². The Morgan fingerprint density at radius 3 is 2.50 bits per heavy atom. The van der Waals surface area contributed by atoms with Crippen molar-refractivity contribution in [3.05, 3.63) is 47.8 Å². The summed E-state index contributed by atoms with van der Waals surface area (Å²) in [4.78, 5) is 0. The van der Waals surface area contributed by atoms with Gasteiger partial charge in [0.1, 0.15) is 9.84 Å². The third kappa shape index (κ3) is 4.68. The van der Waals surface area contributed by atoms with Gasteiger partial charge >= 0.3 is 0 Å². The molecule has 2 aromatic rings. The molecule has 0 spiro atoms. The van der Waals surface area contributed by atoms with Gasteiger partial charge in [0.25, 0.3) is 0 Å². The van der Waals surface area contributed by atoms with Gasteiger partial charge in [-0.3, -0.25) is 0 Å². The van der Waals surface area contributed by atoms with Gasteiger partial charge in [-0.2, -0.15) is 5.10 Å². The summed E-state index contributed by atoms with van der Waals surface area (Å²) in [5, 5.41) is 7.85. The first kappa shape index (κ1) is 16.7. The van der Waals surface area contributed by atoms with Gasteiger partial charge in [0, 0.05) is 31.1 Å². The van der Waals surface area contributed by atoms with E-state index in [0.717, 1.165) is 16.9 Å². The largest absolute Gasteiger partial charge is 0.312 e. The zero-order chi connectivity index (χ0) is 16.2. The normalized spacial score (nSPS) is 12.0. The SMILES string of the molecule is CC(C)c1nn(-c2ccccc2)cc1CNCCS(C)(=O)=O. The predicted octanol–water partition coefficient (Wildman–Crippen LogP) is 2.13. The molecule has 1 N–H and O–H groups in total. The summed E-state index contributed by atoms with van der Waals surface area (Å²) in [7, 11) is -2.93. The van der Waals surface area contributed by atoms with Crippen LogP contribution in [0.2, 0.25) is 0 Å². The number of rotatable bonds is 7. The highest BCUT2D eigenvalue weighted by Crippen LogP contribution is 2.19. The van der Waals surface area contributed by atoms with Gasteiger partial charge in [-0.25, -0.2) is 13.1 Å². The van der Waals surface area contributed by atoms with Gasteiger partial charge in [0.2, 0.25) is 0 Å². The van der Waals surface area contributed by atoms with Crippen LogP contribution < -0.4 is 5.32 Å². The van der Waals surface area contributed by atoms with Gasteiger partial charge < -0.3 is 5.32 Å². The summed E-state index contributed by atoms with van der Waals surface area (Å²) in [6.45, 7) is 5.29. The van der Waals surface area contributed by atoms with Crippen molar-refractivity contribution in [2.24, 2.45) is 0 Å². The molecule has 0 aliphatic rings. The average Bonchev–Trinajstić information content (AvgIpc) is 2.88. The molecule has 0 radical (unpaired) electrons. The Balaban J connectivity index is 2.11. The first-order valence-electron chi connectivity index (χ1n) is 7.39. The molecule has 0 amide bonds. The van der Waals surface area contributed by atoms with E-state index in [0.29, 0.717) is 19.0 Å². The molecule has 0 fully saturated rings. The average molecular weight is 321 g/mol. The Hall–Kier alpha value is -1.66. The fraction of sp³-hybridized carbons (Fsp3) is 0.438. The van der Waals surface area contributed by atoms with Gasteiger partial charge in [-0.15, -0.1) is 0 Å². The molecular weight excluding hydrogens is 298 g/mol. The second-order valence-electron chi connectivity index (χ2n) is 5.78. The monoisotopic (exact) mass is 321 g/mol. The van der Waals surface area contributed by atoms with Crippen LogP contribution in [0.15, 0.2) is 36.5 Å². The zero-order valence-corrected chi connectivity index (χ0v) is 14.1. The number of hydrogen-bond acceptors (Lipinski definition) is 4. The van der Waals surface area contributed by atoms with Gasteiger partial charge in [0.15, 0.2) is 0 Å². The van der Waals surface area contributed by atoms with Gasteiger partial charge in [-0.1, -0.05) is 32.0 Å². The molecule has 0 atom stereocenters. The molecule has 1 aromatic carbocycles. The van der Waals surface area contributed by atoms with E-state index in [1.165, 1.54) is 6.26 Å². The lowest BCUT2D eigenvalue weighted by atomic mass is 10.1. The first-order chi connectivity index (χ1) is 10.4. The minimum absolute atomic E-state index is 0.150. The minimum Gasteiger partial charge on any atom is -0.312 e. The number of sulfone groups is 1. The summed E-state index contributed by atoms with van der Waals surface area (Å²) < 4.78 is 24.2. The molecule has 0 bridgehead atoms. The molecule has 0 aliphatic heterocycles. The third-order valence-electron chi connectivity index (χ3n) is 3.36. The maximum absolute atomic E-state index is 11.2. The first-order valence-corrected chi connectivity index (χ1v) is 9.45. The van der Waals surface area contributed by atoms with E-state index in [4.69, 9.17) is 0 Å². The summed E-state index contributed by atoms with van der Waals surface area (Å²) in [6.07, 6.45) is 3.26. The molecule has 0 saturated carbocycles. The molecule has 0 saturated heterocycles. The Bertz CT molecular complexity index is 706. The number of aromatic nitrogens is 2. The summed E-state index contributed by atoms with van der Waals surface area (Å²) >= 11 is 0. The van der Waals surface area contributed by atoms with Crippen molar-refractivity contribution in [1.82, 2.24) is 15.1 Å². The lowest BCUT2D eigenvalue weighted by molar-refractivity contribution is 0.596. The molecule has 1 aromatic heterocycles. The van der Waals surface area contributed by atoms with Crippen LogP contribution in [0.1, 0.15) is 31.0 Å². The second-order valence-corrected chi connectivity index (χ2v) is 8.04. The van der Waals surface area contributed by atoms with Crippen LogP contribution in [0.3, 0.4) is 0 Å². The van der Waals surface area contributed by atoms with Gasteiger partial charge in [0.05, 0.1) is 17.1 Å². The van der Waals surface area contributed by atoms with Crippen molar-refractivity contribution in [3.8, 4) is 5.69 Å². The maximum atomic E-state index is 11.2. The minimum atomic E-state index is -2.93. The molecule has 2 rings (SSSR count). The van der Waals surface area contributed by atoms with Crippen LogP contribution in [0.4, 0.5) is 0 Å². The standard InChI is InChI=1S/C16H23N3O2S/c1-13(2)16-14(11-17-9-10-22(3,20)21)12-19(18-16)15-7-5-4-6-8-15/h4-8,12-13,17H,9-11H2,1-3H3. The van der Waals surface area contributed by atoms with E-state index in [1.807, 2.05) is 41.2 Å². The Morgan fingerprint density at radius 1 is 1.23 bits per heavy atom. The van der Waals surface area contributed by atoms with Crippen LogP contribution in [-0.4, -0.2) is 36.8 Å². The summed E-state index contributed by atoms with van der Waals surface area (Å²) in [6, 6.07) is 9.96. The third-order valence-corrected chi connectivity index (χ3v) is 4.30. The van der Waals surface area contributed by atoms with E-state index in [-0.39, 0.29) is 5.75 Å². The fourth-order valence-electron chi connectivity index (χ4n) is 2.24. The maximum Gasteiger partial charge on any atom is 0.148 e. The topological polar surface area (TPSA) is 64.0 Å². The molecule has 0 unspecified atom stereocenters. The second kappa shape index (κ2) is 7.07. The van der Waals surface area contributed by atoms with E-state index in [9.17, 15) is 8.42 Å². The van der Waals surface area contributed by atoms with Crippen molar-refractivity contribution < 1.29 is 8.42 Å². The number of hydrogen-bond donors (Lipinski definition) is 1. The molecular formula is C16H23N3O2S. The molecule has 1 heterocycles. The Morgan fingerprint density at radius 2 is 1.91 bits per heavy atom. The molecule has 0 aliphatic carbocycles. The summed E-state index contributed by atoms with van der Waals surface area (Å²) in [5.41, 5.74) is 3.16. The van der Waals surface area contributed by atoms with E-state index >= 15 is 0 Å². The van der Waals surface area contributed by atoms with Crippen LogP contribution in [0.25, 0.3) is 5.69 Å². The lowest BCUT2D eigenvalue weighted by Gasteiger charge is -2.06. The fourth-order valence-corrected chi connectivity index (χ4v) is 2.75. The number of nitrogens with zero attached hydrogens (tertiary/aromatic N) is 2. The van der Waals surface area contributed by atoms with Gasteiger partial charge in [-0.05, 0) is 18.1 Å². The smallest absolute Gasteiger partial charge is 0.148 e. The van der Waals surface area contributed by atoms with E-state index in [1.54, 1.807) is 0 Å². The van der Waals surface area contributed by atoms with Crippen molar-refractivity contribution in [3.63, 3.8) is 0 Å². The van der Waals surface area contributed by atoms with Crippen molar-refractivity contribution in [2.45, 2.75) is 26.3 Å². The highest BCUT2D eigenvalue weighted by molar-refractivity contribution is 7.90. The highest BCUT2D eigenvalue weighted by atomic mass is 32.2. The highest BCUT2D eigenvalue weighted by Gasteiger charge is 2.13. The van der Waals surface area contributed by atoms with Crippen LogP contribution in [0, 0.1) is 0 Å². The molecule has 5 nitrogen and oxygen atoms in total. The predicted molar refractivity (Wildman–Crippen MR) is 89.1 cm³/mol. The molecule has 120 valence electrons. The van der Waals surface area contributed by atoms with Crippen molar-refractivity contribution in [1.29, 1.82) is 0 Å². The number of nitrogens with one attached hydrogen (secondary N) is 1. The number of para-hydroxylation sites is 1. The van der Waals surface area contributed by atoms with Crippen LogP contribution in [-0.2, 0) is 16.4 Å². The number of benzene rings is 1. The van der Waals surface area contributed by atoms with Crippen LogP contribution >= 0.6 is 0 Å². The van der Waals surface area contributed by atoms with Crippen molar-refractivity contribution in [2.75, 3.05) is 18.6 Å². The van der Waals surface area contributed by atoms with Crippen LogP contribution in [0.5, 0.6) is 0 Å². The lowest BCUT2D eigenvalue weighted by Crippen LogP contribution is -2.22. The molecule has 6 heteroatoms.